The molecule has 6 nitrogen and oxygen atoms in total. The van der Waals surface area contributed by atoms with Gasteiger partial charge in [0.2, 0.25) is 11.8 Å². The zero-order valence-electron chi connectivity index (χ0n) is 22.5. The van der Waals surface area contributed by atoms with E-state index in [0.717, 1.165) is 66.5 Å². The van der Waals surface area contributed by atoms with E-state index < -0.39 is 5.54 Å². The maximum Gasteiger partial charge on any atom is 0.225 e. The lowest BCUT2D eigenvalue weighted by molar-refractivity contribution is -0.130. The Morgan fingerprint density at radius 2 is 1.68 bits per heavy atom. The van der Waals surface area contributed by atoms with E-state index in [1.807, 2.05) is 44.3 Å². The molecule has 5 rings (SSSR count). The highest BCUT2D eigenvalue weighted by Gasteiger charge is 2.32. The second-order valence-corrected chi connectivity index (χ2v) is 11.4. The predicted molar refractivity (Wildman–Crippen MR) is 152 cm³/mol. The molecule has 1 aliphatic heterocycles. The molecule has 0 spiro atoms. The molecule has 0 bridgehead atoms. The van der Waals surface area contributed by atoms with Gasteiger partial charge in [-0.05, 0) is 80.2 Å². The van der Waals surface area contributed by atoms with Gasteiger partial charge in [0.1, 0.15) is 5.82 Å². The normalized spacial score (nSPS) is 20.0. The molecular formula is C32H38N4O2. The van der Waals surface area contributed by atoms with Crippen LogP contribution in [0, 0.1) is 5.92 Å². The number of anilines is 1. The van der Waals surface area contributed by atoms with Gasteiger partial charge in [-0.15, -0.1) is 0 Å². The number of likely N-dealkylation sites (tertiary alicyclic amines) is 1. The first-order chi connectivity index (χ1) is 18.3. The van der Waals surface area contributed by atoms with Gasteiger partial charge in [0.25, 0.3) is 0 Å². The number of nitrogens with zero attached hydrogens (tertiary/aromatic N) is 2. The standard InChI is InChI=1S/C32H38N4O2/c1-32(2,33)25-14-12-24(13-15-25)28-21-34-29(20-27(28)23-7-4-3-5-8-23)35-30(37)19-22-10-16-26(17-11-22)36-18-6-9-31(36)38/h3-5,7-8,12-15,20-22,26H,6,9-11,16-19,33H2,1-2H3,(H,34,35,37)/t22-,26-. The van der Waals surface area contributed by atoms with Crippen molar-refractivity contribution in [3.63, 3.8) is 0 Å². The Kier molecular flexibility index (Phi) is 7.61. The third-order valence-corrected chi connectivity index (χ3v) is 8.04. The highest BCUT2D eigenvalue weighted by molar-refractivity contribution is 5.92. The summed E-state index contributed by atoms with van der Waals surface area (Å²) in [5.74, 6) is 1.21. The summed E-state index contributed by atoms with van der Waals surface area (Å²) in [5.41, 5.74) is 11.1. The van der Waals surface area contributed by atoms with Gasteiger partial charge in [0, 0.05) is 42.7 Å². The van der Waals surface area contributed by atoms with Crippen LogP contribution < -0.4 is 11.1 Å². The number of rotatable bonds is 7. The number of hydrogen-bond acceptors (Lipinski definition) is 4. The van der Waals surface area contributed by atoms with Crippen LogP contribution in [0.4, 0.5) is 5.82 Å². The minimum absolute atomic E-state index is 0.000472. The lowest BCUT2D eigenvalue weighted by Crippen LogP contribution is -2.39. The molecule has 0 radical (unpaired) electrons. The third-order valence-electron chi connectivity index (χ3n) is 8.04. The van der Waals surface area contributed by atoms with E-state index in [1.54, 1.807) is 0 Å². The number of benzene rings is 2. The van der Waals surface area contributed by atoms with Crippen LogP contribution in [0.5, 0.6) is 0 Å². The summed E-state index contributed by atoms with van der Waals surface area (Å²) in [6, 6.07) is 20.8. The molecular weight excluding hydrogens is 472 g/mol. The Morgan fingerprint density at radius 3 is 2.32 bits per heavy atom. The highest BCUT2D eigenvalue weighted by Crippen LogP contribution is 2.35. The number of hydrogen-bond donors (Lipinski definition) is 2. The Morgan fingerprint density at radius 1 is 1.00 bits per heavy atom. The summed E-state index contributed by atoms with van der Waals surface area (Å²) in [7, 11) is 0. The zero-order valence-corrected chi connectivity index (χ0v) is 22.5. The fourth-order valence-electron chi connectivity index (χ4n) is 5.86. The van der Waals surface area contributed by atoms with Gasteiger partial charge < -0.3 is 16.0 Å². The molecule has 3 N–H and O–H groups in total. The van der Waals surface area contributed by atoms with E-state index in [0.29, 0.717) is 36.5 Å². The van der Waals surface area contributed by atoms with Crippen molar-refractivity contribution < 1.29 is 9.59 Å². The fraction of sp³-hybridized carbons (Fsp3) is 0.406. The lowest BCUT2D eigenvalue weighted by atomic mass is 9.83. The number of amides is 2. The van der Waals surface area contributed by atoms with Crippen molar-refractivity contribution in [2.45, 2.75) is 70.4 Å². The number of pyridine rings is 1. The van der Waals surface area contributed by atoms with E-state index in [1.165, 1.54) is 0 Å². The molecule has 1 saturated carbocycles. The van der Waals surface area contributed by atoms with E-state index >= 15 is 0 Å². The third kappa shape index (κ3) is 5.97. The van der Waals surface area contributed by atoms with Crippen molar-refractivity contribution in [1.29, 1.82) is 0 Å². The van der Waals surface area contributed by atoms with Gasteiger partial charge in [0.15, 0.2) is 0 Å². The first-order valence-corrected chi connectivity index (χ1v) is 13.8. The molecule has 2 aromatic carbocycles. The molecule has 2 fully saturated rings. The van der Waals surface area contributed by atoms with E-state index in [9.17, 15) is 9.59 Å². The van der Waals surface area contributed by atoms with Crippen LogP contribution in [0.25, 0.3) is 22.3 Å². The quantitative estimate of drug-likeness (QED) is 0.401. The van der Waals surface area contributed by atoms with E-state index in [2.05, 4.69) is 51.6 Å². The fourth-order valence-corrected chi connectivity index (χ4v) is 5.86. The number of carbonyl (C=O) groups is 2. The van der Waals surface area contributed by atoms with E-state index in [4.69, 9.17) is 5.73 Å². The topological polar surface area (TPSA) is 88.3 Å². The number of nitrogens with two attached hydrogens (primary N) is 1. The highest BCUT2D eigenvalue weighted by atomic mass is 16.2. The molecule has 3 aromatic rings. The molecule has 2 heterocycles. The van der Waals surface area contributed by atoms with Crippen molar-refractivity contribution in [3.8, 4) is 22.3 Å². The Labute approximate surface area is 225 Å². The van der Waals surface area contributed by atoms with Crippen LogP contribution in [0.15, 0.2) is 66.9 Å². The number of aromatic nitrogens is 1. The van der Waals surface area contributed by atoms with Crippen molar-refractivity contribution in [2.75, 3.05) is 11.9 Å². The molecule has 0 atom stereocenters. The largest absolute Gasteiger partial charge is 0.340 e. The summed E-state index contributed by atoms with van der Waals surface area (Å²) in [4.78, 5) is 31.7. The van der Waals surface area contributed by atoms with Gasteiger partial charge in [-0.2, -0.15) is 0 Å². The summed E-state index contributed by atoms with van der Waals surface area (Å²) in [6.45, 7) is 4.89. The molecule has 1 aromatic heterocycles. The Balaban J connectivity index is 1.28. The zero-order chi connectivity index (χ0) is 26.7. The summed E-state index contributed by atoms with van der Waals surface area (Å²) >= 11 is 0. The monoisotopic (exact) mass is 510 g/mol. The minimum Gasteiger partial charge on any atom is -0.340 e. The predicted octanol–water partition coefficient (Wildman–Crippen LogP) is 6.12. The maximum atomic E-state index is 13.0. The number of carbonyl (C=O) groups excluding carboxylic acids is 2. The Hall–Kier alpha value is -3.51. The SMILES string of the molecule is CC(C)(N)c1ccc(-c2cnc(NC(=O)C[C@H]3CC[C@H](N4CCCC4=O)CC3)cc2-c2ccccc2)cc1. The first-order valence-electron chi connectivity index (χ1n) is 13.8. The summed E-state index contributed by atoms with van der Waals surface area (Å²) < 4.78 is 0. The Bertz CT molecular complexity index is 1270. The number of nitrogens with one attached hydrogen (secondary N) is 1. The first kappa shape index (κ1) is 26.1. The van der Waals surface area contributed by atoms with Gasteiger partial charge in [-0.25, -0.2) is 4.98 Å². The molecule has 2 amide bonds. The van der Waals surface area contributed by atoms with Gasteiger partial charge in [-0.1, -0.05) is 54.6 Å². The molecule has 0 unspecified atom stereocenters. The maximum absolute atomic E-state index is 13.0. The molecule has 2 aliphatic rings. The minimum atomic E-state index is -0.405. The van der Waals surface area contributed by atoms with Crippen molar-refractivity contribution in [3.05, 3.63) is 72.4 Å². The molecule has 1 aliphatic carbocycles. The average molecular weight is 511 g/mol. The van der Waals surface area contributed by atoms with Crippen molar-refractivity contribution >= 4 is 17.6 Å². The van der Waals surface area contributed by atoms with E-state index in [-0.39, 0.29) is 5.91 Å². The second kappa shape index (κ2) is 11.1. The van der Waals surface area contributed by atoms with Crippen LogP contribution in [0.1, 0.15) is 64.4 Å². The van der Waals surface area contributed by atoms with Crippen molar-refractivity contribution in [1.82, 2.24) is 9.88 Å². The van der Waals surface area contributed by atoms with Crippen LogP contribution in [0.3, 0.4) is 0 Å². The molecule has 198 valence electrons. The lowest BCUT2D eigenvalue weighted by Gasteiger charge is -2.34. The van der Waals surface area contributed by atoms with Crippen LogP contribution in [-0.2, 0) is 15.1 Å². The second-order valence-electron chi connectivity index (χ2n) is 11.4. The van der Waals surface area contributed by atoms with Crippen molar-refractivity contribution in [2.24, 2.45) is 11.7 Å². The molecule has 6 heteroatoms. The molecule has 1 saturated heterocycles. The van der Waals surface area contributed by atoms with Gasteiger partial charge in [-0.3, -0.25) is 9.59 Å². The van der Waals surface area contributed by atoms with Gasteiger partial charge in [0.05, 0.1) is 0 Å². The molecule has 38 heavy (non-hydrogen) atoms. The average Bonchev–Trinajstić information content (AvgIpc) is 3.35. The van der Waals surface area contributed by atoms with Crippen LogP contribution in [-0.4, -0.2) is 34.3 Å². The summed E-state index contributed by atoms with van der Waals surface area (Å²) in [5, 5.41) is 3.05. The van der Waals surface area contributed by atoms with Gasteiger partial charge >= 0.3 is 0 Å². The van der Waals surface area contributed by atoms with Crippen LogP contribution >= 0.6 is 0 Å². The van der Waals surface area contributed by atoms with Crippen LogP contribution in [0.2, 0.25) is 0 Å². The smallest absolute Gasteiger partial charge is 0.225 e. The summed E-state index contributed by atoms with van der Waals surface area (Å²) in [6.07, 6.45) is 7.97.